The van der Waals surface area contributed by atoms with E-state index in [1.54, 1.807) is 0 Å². The average Bonchev–Trinajstić information content (AvgIpc) is 2.77. The molecule has 0 fully saturated rings. The molecule has 3 nitrogen and oxygen atoms in total. The fourth-order valence-corrected chi connectivity index (χ4v) is 4.65. The van der Waals surface area contributed by atoms with Crippen LogP contribution >= 0.6 is 0 Å². The molecule has 0 amide bonds. The molecule has 0 aromatic heterocycles. The lowest BCUT2D eigenvalue weighted by molar-refractivity contribution is 0.0597. The minimum absolute atomic E-state index is 0.243. The predicted octanol–water partition coefficient (Wildman–Crippen LogP) is 8.26. The van der Waals surface area contributed by atoms with Gasteiger partial charge in [-0.1, -0.05) is 136 Å². The zero-order valence-corrected chi connectivity index (χ0v) is 22.5. The third-order valence-electron chi connectivity index (χ3n) is 6.80. The normalized spacial score (nSPS) is 13.7. The Morgan fingerprint density at radius 2 is 0.750 bits per heavy atom. The van der Waals surface area contributed by atoms with Crippen molar-refractivity contribution in [1.29, 1.82) is 0 Å². The lowest BCUT2D eigenvalue weighted by atomic mass is 10.0. The first-order valence-electron chi connectivity index (χ1n) is 14.7. The summed E-state index contributed by atoms with van der Waals surface area (Å²) < 4.78 is 0. The molecule has 0 aromatic rings. The number of hydrogen-bond acceptors (Lipinski definition) is 3. The van der Waals surface area contributed by atoms with E-state index in [-0.39, 0.29) is 12.2 Å². The Kier molecular flexibility index (Phi) is 25.4. The fourth-order valence-electron chi connectivity index (χ4n) is 4.65. The van der Waals surface area contributed by atoms with E-state index in [2.05, 4.69) is 25.7 Å². The highest BCUT2D eigenvalue weighted by Gasteiger charge is 2.15. The second-order valence-corrected chi connectivity index (χ2v) is 10.3. The molecule has 0 saturated carbocycles. The molecule has 2 atom stereocenters. The molecule has 0 heterocycles. The number of nitrogens with zero attached hydrogens (tertiary/aromatic N) is 1. The number of rotatable bonds is 26. The summed E-state index contributed by atoms with van der Waals surface area (Å²) in [5.74, 6) is 0. The maximum Gasteiger partial charge on any atom is 0.0667 e. The van der Waals surface area contributed by atoms with Crippen molar-refractivity contribution in [3.05, 3.63) is 0 Å². The summed E-state index contributed by atoms with van der Waals surface area (Å²) in [6.07, 6.45) is 25.9. The van der Waals surface area contributed by atoms with Gasteiger partial charge in [-0.3, -0.25) is 4.90 Å². The molecule has 32 heavy (non-hydrogen) atoms. The van der Waals surface area contributed by atoms with E-state index in [4.69, 9.17) is 0 Å². The van der Waals surface area contributed by atoms with Gasteiger partial charge in [-0.25, -0.2) is 0 Å². The van der Waals surface area contributed by atoms with E-state index >= 15 is 0 Å². The third-order valence-corrected chi connectivity index (χ3v) is 6.80. The van der Waals surface area contributed by atoms with Crippen molar-refractivity contribution in [2.45, 2.75) is 168 Å². The van der Waals surface area contributed by atoms with Crippen LogP contribution in [0.25, 0.3) is 0 Å². The summed E-state index contributed by atoms with van der Waals surface area (Å²) in [5, 5.41) is 21.1. The van der Waals surface area contributed by atoms with E-state index in [1.165, 1.54) is 109 Å². The van der Waals surface area contributed by atoms with Crippen LogP contribution < -0.4 is 0 Å². The average molecular weight is 456 g/mol. The van der Waals surface area contributed by atoms with Gasteiger partial charge in [0.15, 0.2) is 0 Å². The summed E-state index contributed by atoms with van der Waals surface area (Å²) in [4.78, 5) is 2.33. The molecule has 0 aliphatic rings. The van der Waals surface area contributed by atoms with Gasteiger partial charge in [-0.05, 0) is 25.8 Å². The molecule has 1 unspecified atom stereocenters. The number of hydrogen-bond donors (Lipinski definition) is 2. The van der Waals surface area contributed by atoms with Crippen molar-refractivity contribution < 1.29 is 10.2 Å². The lowest BCUT2D eigenvalue weighted by Gasteiger charge is -2.27. The molecule has 0 saturated heterocycles. The minimum atomic E-state index is -0.243. The van der Waals surface area contributed by atoms with Crippen molar-refractivity contribution in [1.82, 2.24) is 4.90 Å². The lowest BCUT2D eigenvalue weighted by Crippen LogP contribution is -2.38. The molecule has 0 radical (unpaired) electrons. The SMILES string of the molecule is CCCCCCCCCCC(O)CN(CCCCC)C[C@H](O)CCCCCCCCCC. The zero-order valence-electron chi connectivity index (χ0n) is 22.5. The first-order valence-corrected chi connectivity index (χ1v) is 14.7. The van der Waals surface area contributed by atoms with Crippen LogP contribution in [0.1, 0.15) is 156 Å². The van der Waals surface area contributed by atoms with E-state index in [9.17, 15) is 10.2 Å². The van der Waals surface area contributed by atoms with Crippen LogP contribution in [0.5, 0.6) is 0 Å². The Labute approximate surface area is 202 Å². The Hall–Kier alpha value is -0.120. The Bertz CT molecular complexity index is 322. The summed E-state index contributed by atoms with van der Waals surface area (Å²) in [6, 6.07) is 0. The molecule has 0 spiro atoms. The van der Waals surface area contributed by atoms with Gasteiger partial charge in [-0.2, -0.15) is 0 Å². The quantitative estimate of drug-likeness (QED) is 0.129. The van der Waals surface area contributed by atoms with Crippen LogP contribution in [-0.2, 0) is 0 Å². The van der Waals surface area contributed by atoms with Crippen molar-refractivity contribution >= 4 is 0 Å². The Morgan fingerprint density at radius 1 is 0.438 bits per heavy atom. The molecule has 0 aliphatic carbocycles. The summed E-state index contributed by atoms with van der Waals surface area (Å²) in [7, 11) is 0. The topological polar surface area (TPSA) is 43.7 Å². The van der Waals surface area contributed by atoms with Gasteiger partial charge in [-0.15, -0.1) is 0 Å². The molecule has 3 heteroatoms. The second-order valence-electron chi connectivity index (χ2n) is 10.3. The van der Waals surface area contributed by atoms with Crippen molar-refractivity contribution in [2.75, 3.05) is 19.6 Å². The van der Waals surface area contributed by atoms with Crippen molar-refractivity contribution in [3.8, 4) is 0 Å². The molecule has 0 bridgehead atoms. The maximum atomic E-state index is 10.6. The Morgan fingerprint density at radius 3 is 1.12 bits per heavy atom. The van der Waals surface area contributed by atoms with Gasteiger partial charge in [0.1, 0.15) is 0 Å². The molecule has 0 aliphatic heterocycles. The monoisotopic (exact) mass is 455 g/mol. The van der Waals surface area contributed by atoms with Gasteiger partial charge in [0.2, 0.25) is 0 Å². The molecule has 194 valence electrons. The van der Waals surface area contributed by atoms with Crippen LogP contribution in [0.3, 0.4) is 0 Å². The van der Waals surface area contributed by atoms with Gasteiger partial charge in [0.25, 0.3) is 0 Å². The van der Waals surface area contributed by atoms with Crippen molar-refractivity contribution in [2.24, 2.45) is 0 Å². The molecule has 0 aromatic carbocycles. The molecular formula is C29H61NO2. The highest BCUT2D eigenvalue weighted by molar-refractivity contribution is 4.70. The van der Waals surface area contributed by atoms with Gasteiger partial charge in [0.05, 0.1) is 12.2 Å². The van der Waals surface area contributed by atoms with Crippen molar-refractivity contribution in [3.63, 3.8) is 0 Å². The van der Waals surface area contributed by atoms with Crippen LogP contribution in [0, 0.1) is 0 Å². The first-order chi connectivity index (χ1) is 15.6. The van der Waals surface area contributed by atoms with E-state index in [0.29, 0.717) is 0 Å². The third kappa shape index (κ3) is 23.1. The van der Waals surface area contributed by atoms with Crippen LogP contribution in [-0.4, -0.2) is 47.0 Å². The maximum absolute atomic E-state index is 10.6. The standard InChI is InChI=1S/C29H61NO2/c1-4-7-10-12-14-16-18-20-23-28(31)26-30(25-22-9-6-3)27-29(32)24-21-19-17-15-13-11-8-5-2/h28-29,31-32H,4-27H2,1-3H3/t28-,29?/m1/s1. The number of aliphatic hydroxyl groups is 2. The molecule has 0 rings (SSSR count). The van der Waals surface area contributed by atoms with Gasteiger partial charge < -0.3 is 10.2 Å². The van der Waals surface area contributed by atoms with Crippen LogP contribution in [0.15, 0.2) is 0 Å². The van der Waals surface area contributed by atoms with Gasteiger partial charge in [0, 0.05) is 13.1 Å². The highest BCUT2D eigenvalue weighted by atomic mass is 16.3. The summed E-state index contributed by atoms with van der Waals surface area (Å²) in [6.45, 7) is 9.24. The van der Waals surface area contributed by atoms with Crippen LogP contribution in [0.2, 0.25) is 0 Å². The summed E-state index contributed by atoms with van der Waals surface area (Å²) >= 11 is 0. The highest BCUT2D eigenvalue weighted by Crippen LogP contribution is 2.14. The number of unbranched alkanes of at least 4 members (excludes halogenated alkanes) is 16. The van der Waals surface area contributed by atoms with Gasteiger partial charge >= 0.3 is 0 Å². The fraction of sp³-hybridized carbons (Fsp3) is 1.00. The predicted molar refractivity (Wildman–Crippen MR) is 142 cm³/mol. The number of aliphatic hydroxyl groups excluding tert-OH is 2. The molecular weight excluding hydrogens is 394 g/mol. The van der Waals surface area contributed by atoms with E-state index in [0.717, 1.165) is 45.3 Å². The Balaban J connectivity index is 3.97. The van der Waals surface area contributed by atoms with E-state index < -0.39 is 0 Å². The smallest absolute Gasteiger partial charge is 0.0667 e. The minimum Gasteiger partial charge on any atom is -0.392 e. The second kappa shape index (κ2) is 25.5. The zero-order chi connectivity index (χ0) is 23.7. The molecule has 2 N–H and O–H groups in total. The van der Waals surface area contributed by atoms with E-state index in [1.807, 2.05) is 0 Å². The van der Waals surface area contributed by atoms with Crippen LogP contribution in [0.4, 0.5) is 0 Å². The summed E-state index contributed by atoms with van der Waals surface area (Å²) in [5.41, 5.74) is 0. The largest absolute Gasteiger partial charge is 0.392 e. The first kappa shape index (κ1) is 31.9.